The molecule has 0 saturated heterocycles. The van der Waals surface area contributed by atoms with Crippen LogP contribution in [0, 0.1) is 13.8 Å². The third-order valence-corrected chi connectivity index (χ3v) is 9.04. The molecule has 54 heavy (non-hydrogen) atoms. The third kappa shape index (κ3) is 8.99. The Kier molecular flexibility index (Phi) is 11.8. The summed E-state index contributed by atoms with van der Waals surface area (Å²) >= 11 is 0. The Balaban J connectivity index is 1.21. The fraction of sp³-hybridized carbons (Fsp3) is 0.0833. The maximum absolute atomic E-state index is 12.0. The summed E-state index contributed by atoms with van der Waals surface area (Å²) in [5.74, 6) is -0.882. The molecule has 6 rings (SSSR count). The van der Waals surface area contributed by atoms with Gasteiger partial charge in [-0.1, -0.05) is 109 Å². The third-order valence-electron chi connectivity index (χ3n) is 9.04. The number of ether oxygens (including phenoxy) is 1. The summed E-state index contributed by atoms with van der Waals surface area (Å²) < 4.78 is 5.21. The monoisotopic (exact) mass is 710 g/mol. The Bertz CT molecular complexity index is 2240. The van der Waals surface area contributed by atoms with Crippen LogP contribution in [0.2, 0.25) is 0 Å². The fourth-order valence-corrected chi connectivity index (χ4v) is 5.98. The number of hydrogen-bond acceptors (Lipinski definition) is 6. The standard InChI is InChI=1S/C48H42N2O4/c1-5-46(51)48(53)39-19-31-45(32-20-39)50(41-23-9-35(4)10-24-41)43-27-15-37(16-28-43)12-11-36-13-25-42(26-14-36)49(40-21-7-34(3)8-22-40)44-29-17-38(18-30-44)33-54-47(52)6-2/h5-32,48,53H,1-2,33H2,3-4H3. The van der Waals surface area contributed by atoms with E-state index >= 15 is 0 Å². The molecule has 0 fully saturated rings. The van der Waals surface area contributed by atoms with Crippen LogP contribution in [0.4, 0.5) is 34.1 Å². The van der Waals surface area contributed by atoms with E-state index in [9.17, 15) is 14.7 Å². The molecule has 6 aromatic rings. The van der Waals surface area contributed by atoms with Crippen LogP contribution >= 0.6 is 0 Å². The first-order chi connectivity index (χ1) is 26.2. The summed E-state index contributed by atoms with van der Waals surface area (Å²) in [6.45, 7) is 11.3. The number of aliphatic hydroxyl groups excluding tert-OH is 1. The van der Waals surface area contributed by atoms with Gasteiger partial charge in [-0.2, -0.15) is 0 Å². The topological polar surface area (TPSA) is 70.1 Å². The average Bonchev–Trinajstić information content (AvgIpc) is 3.21. The summed E-state index contributed by atoms with van der Waals surface area (Å²) in [7, 11) is 0. The van der Waals surface area contributed by atoms with Gasteiger partial charge in [0, 0.05) is 40.2 Å². The number of aryl methyl sites for hydroxylation is 2. The van der Waals surface area contributed by atoms with Crippen molar-refractivity contribution < 1.29 is 19.4 Å². The van der Waals surface area contributed by atoms with Gasteiger partial charge in [-0.15, -0.1) is 0 Å². The van der Waals surface area contributed by atoms with Crippen LogP contribution in [-0.4, -0.2) is 16.9 Å². The van der Waals surface area contributed by atoms with Crippen molar-refractivity contribution in [1.29, 1.82) is 0 Å². The van der Waals surface area contributed by atoms with Crippen LogP contribution in [0.15, 0.2) is 171 Å². The molecule has 0 heterocycles. The van der Waals surface area contributed by atoms with E-state index in [-0.39, 0.29) is 6.61 Å². The van der Waals surface area contributed by atoms with Crippen LogP contribution in [0.3, 0.4) is 0 Å². The normalized spacial score (nSPS) is 11.5. The van der Waals surface area contributed by atoms with E-state index in [1.165, 1.54) is 5.56 Å². The Hall–Kier alpha value is -6.76. The number of carbonyl (C=O) groups excluding carboxylic acids is 2. The van der Waals surface area contributed by atoms with E-state index < -0.39 is 17.9 Å². The van der Waals surface area contributed by atoms with Gasteiger partial charge in [0.15, 0.2) is 5.78 Å². The smallest absolute Gasteiger partial charge is 0.330 e. The fourth-order valence-electron chi connectivity index (χ4n) is 5.98. The number of anilines is 6. The summed E-state index contributed by atoms with van der Waals surface area (Å²) in [6, 6.07) is 48.8. The highest BCUT2D eigenvalue weighted by Crippen LogP contribution is 2.37. The maximum atomic E-state index is 12.0. The number of carbonyl (C=O) groups is 2. The molecular formula is C48H42N2O4. The van der Waals surface area contributed by atoms with Crippen molar-refractivity contribution in [3.8, 4) is 0 Å². The maximum Gasteiger partial charge on any atom is 0.330 e. The van der Waals surface area contributed by atoms with Gasteiger partial charge in [-0.05, 0) is 115 Å². The van der Waals surface area contributed by atoms with Crippen molar-refractivity contribution >= 4 is 58.0 Å². The van der Waals surface area contributed by atoms with Crippen LogP contribution in [0.1, 0.15) is 39.5 Å². The number of benzene rings is 6. The number of nitrogens with zero attached hydrogens (tertiary/aromatic N) is 2. The van der Waals surface area contributed by atoms with Gasteiger partial charge in [-0.25, -0.2) is 4.79 Å². The first kappa shape index (κ1) is 37.0. The molecule has 268 valence electrons. The van der Waals surface area contributed by atoms with Crippen molar-refractivity contribution in [2.45, 2.75) is 26.6 Å². The van der Waals surface area contributed by atoms with E-state index in [1.807, 2.05) is 36.4 Å². The van der Waals surface area contributed by atoms with Crippen molar-refractivity contribution in [3.63, 3.8) is 0 Å². The second-order valence-electron chi connectivity index (χ2n) is 12.9. The van der Waals surface area contributed by atoms with E-state index in [0.717, 1.165) is 68.5 Å². The van der Waals surface area contributed by atoms with Crippen molar-refractivity contribution in [3.05, 3.63) is 204 Å². The van der Waals surface area contributed by atoms with Gasteiger partial charge >= 0.3 is 5.97 Å². The second kappa shape index (κ2) is 17.2. The van der Waals surface area contributed by atoms with E-state index in [4.69, 9.17) is 4.74 Å². The van der Waals surface area contributed by atoms with Crippen molar-refractivity contribution in [2.75, 3.05) is 9.80 Å². The lowest BCUT2D eigenvalue weighted by atomic mass is 10.0. The molecule has 0 saturated carbocycles. The predicted octanol–water partition coefficient (Wildman–Crippen LogP) is 11.4. The Morgan fingerprint density at radius 3 is 1.28 bits per heavy atom. The highest BCUT2D eigenvalue weighted by molar-refractivity contribution is 5.93. The zero-order valence-corrected chi connectivity index (χ0v) is 30.4. The quantitative estimate of drug-likeness (QED) is 0.0689. The minimum atomic E-state index is -1.24. The number of rotatable bonds is 14. The highest BCUT2D eigenvalue weighted by Gasteiger charge is 2.17. The minimum Gasteiger partial charge on any atom is -0.458 e. The molecule has 0 amide bonds. The number of hydrogen-bond donors (Lipinski definition) is 1. The van der Waals surface area contributed by atoms with Gasteiger partial charge in [0.2, 0.25) is 0 Å². The van der Waals surface area contributed by atoms with Gasteiger partial charge in [0.1, 0.15) is 12.7 Å². The lowest BCUT2D eigenvalue weighted by Gasteiger charge is -2.26. The molecule has 0 bridgehead atoms. The molecule has 0 aromatic heterocycles. The molecule has 6 nitrogen and oxygen atoms in total. The van der Waals surface area contributed by atoms with E-state index in [2.05, 4.69) is 146 Å². The molecule has 0 spiro atoms. The molecular weight excluding hydrogens is 669 g/mol. The number of aliphatic hydroxyl groups is 1. The number of ketones is 1. The summed E-state index contributed by atoms with van der Waals surface area (Å²) in [6.07, 6.45) is 5.26. The molecule has 6 aromatic carbocycles. The van der Waals surface area contributed by atoms with Crippen LogP contribution < -0.4 is 9.80 Å². The molecule has 6 heteroatoms. The molecule has 0 aliphatic rings. The largest absolute Gasteiger partial charge is 0.458 e. The van der Waals surface area contributed by atoms with Crippen molar-refractivity contribution in [1.82, 2.24) is 0 Å². The lowest BCUT2D eigenvalue weighted by molar-refractivity contribution is -0.139. The summed E-state index contributed by atoms with van der Waals surface area (Å²) in [4.78, 5) is 27.9. The minimum absolute atomic E-state index is 0.185. The van der Waals surface area contributed by atoms with Crippen molar-refractivity contribution in [2.24, 2.45) is 0 Å². The molecule has 1 N–H and O–H groups in total. The Morgan fingerprint density at radius 2 is 0.907 bits per heavy atom. The molecule has 0 aliphatic carbocycles. The van der Waals surface area contributed by atoms with Gasteiger partial charge in [0.05, 0.1) is 0 Å². The number of esters is 1. The Morgan fingerprint density at radius 1 is 0.556 bits per heavy atom. The average molecular weight is 711 g/mol. The second-order valence-corrected chi connectivity index (χ2v) is 12.9. The Labute approximate surface area is 317 Å². The first-order valence-corrected chi connectivity index (χ1v) is 17.7. The summed E-state index contributed by atoms with van der Waals surface area (Å²) in [5, 5.41) is 10.4. The first-order valence-electron chi connectivity index (χ1n) is 17.7. The van der Waals surface area contributed by atoms with Crippen LogP contribution in [0.5, 0.6) is 0 Å². The predicted molar refractivity (Wildman–Crippen MR) is 221 cm³/mol. The molecule has 1 atom stereocenters. The summed E-state index contributed by atoms with van der Waals surface area (Å²) in [5.41, 5.74) is 11.7. The van der Waals surface area contributed by atoms with Gasteiger partial charge < -0.3 is 19.6 Å². The molecule has 0 radical (unpaired) electrons. The van der Waals surface area contributed by atoms with E-state index in [1.54, 1.807) is 12.1 Å². The zero-order chi connectivity index (χ0) is 38.0. The van der Waals surface area contributed by atoms with Crippen LogP contribution in [0.25, 0.3) is 12.2 Å². The van der Waals surface area contributed by atoms with E-state index in [0.29, 0.717) is 5.56 Å². The zero-order valence-electron chi connectivity index (χ0n) is 30.4. The highest BCUT2D eigenvalue weighted by atomic mass is 16.5. The van der Waals surface area contributed by atoms with Gasteiger partial charge in [0.25, 0.3) is 0 Å². The molecule has 1 unspecified atom stereocenters. The SMILES string of the molecule is C=CC(=O)OCc1ccc(N(c2ccc(C)cc2)c2ccc(C=Cc3ccc(N(c4ccc(C)cc4)c4ccc(C(O)C(=O)C=C)cc4)cc3)cc2)cc1. The van der Waals surface area contributed by atoms with Crippen LogP contribution in [-0.2, 0) is 20.9 Å². The van der Waals surface area contributed by atoms with Gasteiger partial charge in [-0.3, -0.25) is 4.79 Å². The molecule has 0 aliphatic heterocycles. The lowest BCUT2D eigenvalue weighted by Crippen LogP contribution is -2.11.